The van der Waals surface area contributed by atoms with Gasteiger partial charge in [-0.05, 0) is 53.9 Å². The van der Waals surface area contributed by atoms with E-state index in [0.717, 1.165) is 6.26 Å². The SMILES string of the molecule is COC(=O)[C@@H]1C[C@@H](C)CN1C(=O)OC(C)(C)C.COC(=O)[C@@H]1C[C@@H](O)CN1C(=O)OC(C)(C)C.CS(=O)(=O)Cl.[2H]CC. The third-order valence-electron chi connectivity index (χ3n) is 4.99. The maximum absolute atomic E-state index is 11.9. The van der Waals surface area contributed by atoms with Gasteiger partial charge in [-0.1, -0.05) is 20.7 Å². The van der Waals surface area contributed by atoms with Gasteiger partial charge in [0.05, 0.1) is 33.1 Å². The molecule has 15 heteroatoms. The lowest BCUT2D eigenvalue weighted by Gasteiger charge is -2.27. The Balaban J connectivity index is 0. The zero-order valence-corrected chi connectivity index (χ0v) is 27.6. The average molecular weight is 634 g/mol. The van der Waals surface area contributed by atoms with Crippen molar-refractivity contribution in [3.8, 4) is 0 Å². The summed E-state index contributed by atoms with van der Waals surface area (Å²) in [6.07, 6.45) is -0.0276. The molecular formula is C26H49ClN2O11S. The highest BCUT2D eigenvalue weighted by Crippen LogP contribution is 2.26. The topological polar surface area (TPSA) is 166 Å². The normalized spacial score (nSPS) is 22.3. The number of methoxy groups -OCH3 is 2. The number of hydrogen-bond donors (Lipinski definition) is 1. The summed E-state index contributed by atoms with van der Waals surface area (Å²) in [5.74, 6) is -0.626. The largest absolute Gasteiger partial charge is 0.467 e. The van der Waals surface area contributed by atoms with Gasteiger partial charge in [0.1, 0.15) is 23.3 Å². The van der Waals surface area contributed by atoms with E-state index in [2.05, 4.69) is 15.4 Å². The summed E-state index contributed by atoms with van der Waals surface area (Å²) in [5, 5.41) is 9.50. The van der Waals surface area contributed by atoms with Crippen LogP contribution in [0.3, 0.4) is 0 Å². The second-order valence-corrected chi connectivity index (χ2v) is 14.3. The van der Waals surface area contributed by atoms with Crippen molar-refractivity contribution in [2.75, 3.05) is 33.6 Å². The minimum absolute atomic E-state index is 0.0919. The molecule has 0 bridgehead atoms. The molecule has 242 valence electrons. The molecule has 2 amide bonds. The fraction of sp³-hybridized carbons (Fsp3) is 0.846. The molecule has 0 aromatic heterocycles. The van der Waals surface area contributed by atoms with Crippen LogP contribution in [0.15, 0.2) is 0 Å². The first-order valence-corrected chi connectivity index (χ1v) is 15.6. The molecule has 41 heavy (non-hydrogen) atoms. The summed E-state index contributed by atoms with van der Waals surface area (Å²) in [6, 6.07) is -1.27. The third-order valence-corrected chi connectivity index (χ3v) is 4.99. The number of β-amino-alcohol motifs (C(OH)–C–C–N with tert-alkyl or cyclic N) is 1. The van der Waals surface area contributed by atoms with E-state index >= 15 is 0 Å². The highest BCUT2D eigenvalue weighted by molar-refractivity contribution is 8.13. The van der Waals surface area contributed by atoms with Crippen LogP contribution in [-0.4, -0.2) is 110 Å². The van der Waals surface area contributed by atoms with Crippen molar-refractivity contribution < 1.29 is 53.0 Å². The lowest BCUT2D eigenvalue weighted by Crippen LogP contribution is -2.43. The molecule has 2 saturated heterocycles. The number of carbonyl (C=O) groups is 4. The molecule has 1 N–H and O–H groups in total. The van der Waals surface area contributed by atoms with Gasteiger partial charge in [0.15, 0.2) is 0 Å². The fourth-order valence-corrected chi connectivity index (χ4v) is 3.62. The minimum Gasteiger partial charge on any atom is -0.467 e. The monoisotopic (exact) mass is 633 g/mol. The van der Waals surface area contributed by atoms with Crippen LogP contribution in [0.25, 0.3) is 0 Å². The predicted octanol–water partition coefficient (Wildman–Crippen LogP) is 3.55. The van der Waals surface area contributed by atoms with Gasteiger partial charge in [-0.2, -0.15) is 0 Å². The Morgan fingerprint density at radius 2 is 1.17 bits per heavy atom. The molecule has 0 aliphatic carbocycles. The standard InChI is InChI=1S/C12H21NO4.C11H19NO5.C2H6.CH3ClO2S/c1-8-6-9(10(14)16-5)13(7-8)11(15)17-12(2,3)4;1-11(2,3)17-10(15)12-6-7(13)5-8(12)9(14)16-4;1-2;1-5(2,3)4/h8-9H,6-7H2,1-5H3;7-8,13H,5-6H2,1-4H3;1-2H3;1H3/t8-,9+;7-,8+;;/m11../s1/i;;1D;. The molecule has 0 spiro atoms. The maximum Gasteiger partial charge on any atom is 0.411 e. The van der Waals surface area contributed by atoms with Crippen LogP contribution in [-0.2, 0) is 37.6 Å². The van der Waals surface area contributed by atoms with Crippen LogP contribution < -0.4 is 0 Å². The molecule has 0 radical (unpaired) electrons. The minimum atomic E-state index is -3.19. The van der Waals surface area contributed by atoms with Crippen LogP contribution in [0.5, 0.6) is 0 Å². The average Bonchev–Trinajstić information content (AvgIpc) is 3.38. The summed E-state index contributed by atoms with van der Waals surface area (Å²) >= 11 is 0. The lowest BCUT2D eigenvalue weighted by molar-refractivity contribution is -0.146. The molecule has 2 heterocycles. The predicted molar refractivity (Wildman–Crippen MR) is 154 cm³/mol. The maximum atomic E-state index is 11.9. The number of esters is 2. The molecule has 0 aromatic carbocycles. The number of nitrogens with zero attached hydrogens (tertiary/aromatic N) is 2. The Hall–Kier alpha value is -2.32. The zero-order valence-electron chi connectivity index (χ0n) is 27.1. The number of carbonyl (C=O) groups excluding carboxylic acids is 4. The Labute approximate surface area is 250 Å². The zero-order chi connectivity index (χ0) is 33.6. The number of hydrogen-bond acceptors (Lipinski definition) is 11. The second-order valence-electron chi connectivity index (χ2n) is 11.3. The van der Waals surface area contributed by atoms with E-state index in [-0.39, 0.29) is 24.9 Å². The fourth-order valence-electron chi connectivity index (χ4n) is 3.62. The molecule has 2 aliphatic rings. The summed E-state index contributed by atoms with van der Waals surface area (Å²) in [4.78, 5) is 49.5. The van der Waals surface area contributed by atoms with E-state index in [1.165, 1.54) is 24.0 Å². The number of aliphatic hydroxyl groups is 1. The number of rotatable bonds is 2. The van der Waals surface area contributed by atoms with Crippen molar-refractivity contribution >= 4 is 43.9 Å². The smallest absolute Gasteiger partial charge is 0.411 e. The second kappa shape index (κ2) is 17.6. The third kappa shape index (κ3) is 18.0. The van der Waals surface area contributed by atoms with Crippen LogP contribution in [0.4, 0.5) is 9.59 Å². The van der Waals surface area contributed by atoms with E-state index in [0.29, 0.717) is 19.9 Å². The van der Waals surface area contributed by atoms with E-state index < -0.39 is 56.6 Å². The molecular weight excluding hydrogens is 584 g/mol. The molecule has 2 fully saturated rings. The molecule has 2 aliphatic heterocycles. The van der Waals surface area contributed by atoms with Crippen molar-refractivity contribution in [3.63, 3.8) is 0 Å². The summed E-state index contributed by atoms with van der Waals surface area (Å²) in [6.45, 7) is 15.6. The Morgan fingerprint density at radius 3 is 1.49 bits per heavy atom. The molecule has 0 saturated carbocycles. The van der Waals surface area contributed by atoms with Gasteiger partial charge in [-0.15, -0.1) is 0 Å². The van der Waals surface area contributed by atoms with Gasteiger partial charge in [0.25, 0.3) is 0 Å². The first-order chi connectivity index (χ1) is 18.9. The first kappa shape index (κ1) is 38.7. The van der Waals surface area contributed by atoms with Crippen molar-refractivity contribution in [3.05, 3.63) is 0 Å². The van der Waals surface area contributed by atoms with E-state index in [9.17, 15) is 32.7 Å². The number of aliphatic hydroxyl groups excluding tert-OH is 1. The lowest BCUT2D eigenvalue weighted by atomic mass is 10.1. The Kier molecular flexibility index (Phi) is 16.6. The Bertz CT molecular complexity index is 914. The van der Waals surface area contributed by atoms with Crippen molar-refractivity contribution in [2.24, 2.45) is 5.92 Å². The van der Waals surface area contributed by atoms with Crippen molar-refractivity contribution in [1.29, 1.82) is 0 Å². The van der Waals surface area contributed by atoms with Crippen molar-refractivity contribution in [2.45, 2.75) is 105 Å². The van der Waals surface area contributed by atoms with E-state index in [4.69, 9.17) is 15.6 Å². The number of halogens is 1. The van der Waals surface area contributed by atoms with Gasteiger partial charge in [-0.3, -0.25) is 9.80 Å². The molecule has 0 aromatic rings. The van der Waals surface area contributed by atoms with Crippen LogP contribution >= 0.6 is 10.7 Å². The Morgan fingerprint density at radius 1 is 0.854 bits per heavy atom. The van der Waals surface area contributed by atoms with Gasteiger partial charge in [0, 0.05) is 25.0 Å². The van der Waals surface area contributed by atoms with Gasteiger partial charge in [-0.25, -0.2) is 27.6 Å². The van der Waals surface area contributed by atoms with Crippen LogP contribution in [0.1, 0.15) is 76.5 Å². The van der Waals surface area contributed by atoms with E-state index in [1.54, 1.807) is 48.5 Å². The number of likely N-dealkylation sites (tertiary alicyclic amines) is 2. The highest BCUT2D eigenvalue weighted by atomic mass is 35.7. The number of ether oxygens (including phenoxy) is 4. The van der Waals surface area contributed by atoms with Crippen LogP contribution in [0.2, 0.25) is 0 Å². The van der Waals surface area contributed by atoms with Crippen molar-refractivity contribution in [1.82, 2.24) is 9.80 Å². The summed E-state index contributed by atoms with van der Waals surface area (Å²) in [7, 11) is 3.89. The molecule has 0 unspecified atom stereocenters. The van der Waals surface area contributed by atoms with E-state index in [1.807, 2.05) is 6.92 Å². The summed E-state index contributed by atoms with van der Waals surface area (Å²) in [5.41, 5.74) is -1.19. The first-order valence-electron chi connectivity index (χ1n) is 13.6. The molecule has 4 atom stereocenters. The quantitative estimate of drug-likeness (QED) is 0.268. The highest BCUT2D eigenvalue weighted by Gasteiger charge is 2.42. The van der Waals surface area contributed by atoms with Gasteiger partial charge in [0.2, 0.25) is 9.05 Å². The number of amides is 2. The molecule has 13 nitrogen and oxygen atoms in total. The molecule has 2 rings (SSSR count). The summed E-state index contributed by atoms with van der Waals surface area (Å²) < 4.78 is 44.7. The van der Waals surface area contributed by atoms with Gasteiger partial charge >= 0.3 is 24.1 Å². The van der Waals surface area contributed by atoms with Gasteiger partial charge < -0.3 is 24.1 Å². The van der Waals surface area contributed by atoms with Crippen LogP contribution in [0, 0.1) is 5.92 Å².